The minimum atomic E-state index is -1.05. The molecule has 1 heterocycles. The van der Waals surface area contributed by atoms with Crippen LogP contribution in [0.5, 0.6) is 11.5 Å². The maximum Gasteiger partial charge on any atom is 0.319 e. The molecule has 142 valence electrons. The van der Waals surface area contributed by atoms with Crippen molar-refractivity contribution in [3.63, 3.8) is 0 Å². The number of benzene rings is 2. The van der Waals surface area contributed by atoms with Crippen LogP contribution in [0, 0.1) is 5.92 Å². The highest BCUT2D eigenvalue weighted by Gasteiger charge is 2.46. The molecule has 1 saturated heterocycles. The quantitative estimate of drug-likeness (QED) is 0.479. The average molecular weight is 369 g/mol. The van der Waals surface area contributed by atoms with Crippen molar-refractivity contribution in [1.82, 2.24) is 5.06 Å². The highest BCUT2D eigenvalue weighted by atomic mass is 16.5. The lowest BCUT2D eigenvalue weighted by molar-refractivity contribution is -0.165. The second kappa shape index (κ2) is 8.22. The van der Waals surface area contributed by atoms with E-state index in [1.54, 1.807) is 19.1 Å². The van der Waals surface area contributed by atoms with Crippen molar-refractivity contribution < 1.29 is 24.3 Å². The molecule has 1 amide bonds. The summed E-state index contributed by atoms with van der Waals surface area (Å²) in [5, 5.41) is 10.4. The predicted octanol–water partition coefficient (Wildman–Crippen LogP) is 3.54. The Morgan fingerprint density at radius 1 is 1.15 bits per heavy atom. The first-order valence-electron chi connectivity index (χ1n) is 9.07. The Hall–Kier alpha value is -2.86. The monoisotopic (exact) mass is 369 g/mol. The summed E-state index contributed by atoms with van der Waals surface area (Å²) in [5.74, 6) is -1.49. The summed E-state index contributed by atoms with van der Waals surface area (Å²) in [6, 6.07) is 15.0. The van der Waals surface area contributed by atoms with Crippen LogP contribution >= 0.6 is 0 Å². The van der Waals surface area contributed by atoms with Crippen LogP contribution in [-0.4, -0.2) is 35.3 Å². The molecule has 0 spiro atoms. The third kappa shape index (κ3) is 4.11. The van der Waals surface area contributed by atoms with Crippen LogP contribution in [0.1, 0.15) is 30.9 Å². The van der Waals surface area contributed by atoms with Gasteiger partial charge >= 0.3 is 5.97 Å². The normalized spacial score (nSPS) is 19.2. The first-order valence-corrected chi connectivity index (χ1v) is 9.07. The van der Waals surface area contributed by atoms with Gasteiger partial charge in [0.15, 0.2) is 0 Å². The Morgan fingerprint density at radius 2 is 1.89 bits per heavy atom. The van der Waals surface area contributed by atoms with Crippen molar-refractivity contribution in [2.75, 3.05) is 13.2 Å². The lowest BCUT2D eigenvalue weighted by Gasteiger charge is -2.16. The first kappa shape index (κ1) is 18.9. The maximum absolute atomic E-state index is 12.2. The van der Waals surface area contributed by atoms with Gasteiger partial charge in [-0.2, -0.15) is 0 Å². The SMILES string of the molecule is CCOC(=O)C1C(=O)N(O)CC1c1cccc(Oc2ccc(CC)cc2)c1. The standard InChI is InChI=1S/C21H23NO5/c1-3-14-8-10-16(11-9-14)27-17-7-5-6-15(12-17)18-13-22(25)20(23)19(18)21(24)26-4-2/h5-12,18-19,25H,3-4,13H2,1-2H3. The van der Waals surface area contributed by atoms with Gasteiger partial charge in [-0.25, -0.2) is 5.06 Å². The van der Waals surface area contributed by atoms with Gasteiger partial charge in [0.05, 0.1) is 13.2 Å². The molecule has 2 aromatic rings. The van der Waals surface area contributed by atoms with Crippen molar-refractivity contribution in [3.05, 3.63) is 59.7 Å². The molecule has 0 radical (unpaired) electrons. The van der Waals surface area contributed by atoms with Gasteiger partial charge in [0.25, 0.3) is 5.91 Å². The highest BCUT2D eigenvalue weighted by molar-refractivity contribution is 6.00. The van der Waals surface area contributed by atoms with E-state index in [2.05, 4.69) is 6.92 Å². The maximum atomic E-state index is 12.2. The summed E-state index contributed by atoms with van der Waals surface area (Å²) in [5.41, 5.74) is 1.96. The zero-order valence-corrected chi connectivity index (χ0v) is 15.4. The van der Waals surface area contributed by atoms with Crippen LogP contribution in [0.25, 0.3) is 0 Å². The van der Waals surface area contributed by atoms with Gasteiger partial charge in [-0.1, -0.05) is 31.2 Å². The molecule has 2 unspecified atom stereocenters. The molecule has 6 nitrogen and oxygen atoms in total. The van der Waals surface area contributed by atoms with E-state index in [1.165, 1.54) is 5.56 Å². The molecule has 6 heteroatoms. The second-order valence-electron chi connectivity index (χ2n) is 6.43. The molecule has 1 fully saturated rings. The zero-order chi connectivity index (χ0) is 19.4. The lowest BCUT2D eigenvalue weighted by atomic mass is 9.88. The van der Waals surface area contributed by atoms with Crippen molar-refractivity contribution in [2.45, 2.75) is 26.2 Å². The summed E-state index contributed by atoms with van der Waals surface area (Å²) >= 11 is 0. The van der Waals surface area contributed by atoms with E-state index in [0.717, 1.165) is 12.0 Å². The Kier molecular flexibility index (Phi) is 5.76. The summed E-state index contributed by atoms with van der Waals surface area (Å²) in [4.78, 5) is 24.4. The van der Waals surface area contributed by atoms with Crippen LogP contribution in [0.15, 0.2) is 48.5 Å². The van der Waals surface area contributed by atoms with E-state index >= 15 is 0 Å². The number of hydrogen-bond donors (Lipinski definition) is 1. The molecule has 1 N–H and O–H groups in total. The number of carbonyl (C=O) groups is 2. The number of rotatable bonds is 6. The fraction of sp³-hybridized carbons (Fsp3) is 0.333. The van der Waals surface area contributed by atoms with Gasteiger partial charge in [0.1, 0.15) is 17.4 Å². The van der Waals surface area contributed by atoms with Gasteiger partial charge < -0.3 is 9.47 Å². The number of carbonyl (C=O) groups excluding carboxylic acids is 2. The Bertz CT molecular complexity index is 818. The molecular weight excluding hydrogens is 346 g/mol. The molecule has 2 aromatic carbocycles. The van der Waals surface area contributed by atoms with Gasteiger partial charge in [0.2, 0.25) is 0 Å². The summed E-state index contributed by atoms with van der Waals surface area (Å²) < 4.78 is 10.9. The smallest absolute Gasteiger partial charge is 0.319 e. The molecule has 0 aliphatic carbocycles. The van der Waals surface area contributed by atoms with E-state index in [4.69, 9.17) is 9.47 Å². The van der Waals surface area contributed by atoms with E-state index in [-0.39, 0.29) is 13.2 Å². The summed E-state index contributed by atoms with van der Waals surface area (Å²) in [7, 11) is 0. The molecule has 0 aromatic heterocycles. The molecule has 3 rings (SSSR count). The number of amides is 1. The average Bonchev–Trinajstić information content (AvgIpc) is 2.98. The van der Waals surface area contributed by atoms with Gasteiger partial charge in [0, 0.05) is 5.92 Å². The fourth-order valence-corrected chi connectivity index (χ4v) is 3.25. The number of ether oxygens (including phenoxy) is 2. The van der Waals surface area contributed by atoms with Crippen molar-refractivity contribution >= 4 is 11.9 Å². The van der Waals surface area contributed by atoms with Crippen LogP contribution in [-0.2, 0) is 20.7 Å². The Labute approximate surface area is 158 Å². The molecular formula is C21H23NO5. The number of esters is 1. The topological polar surface area (TPSA) is 76.1 Å². The Balaban J connectivity index is 1.82. The number of nitrogens with zero attached hydrogens (tertiary/aromatic N) is 1. The minimum Gasteiger partial charge on any atom is -0.465 e. The van der Waals surface area contributed by atoms with Crippen LogP contribution in [0.2, 0.25) is 0 Å². The van der Waals surface area contributed by atoms with E-state index in [0.29, 0.717) is 16.6 Å². The van der Waals surface area contributed by atoms with E-state index in [1.807, 2.05) is 36.4 Å². The number of aryl methyl sites for hydroxylation is 1. The van der Waals surface area contributed by atoms with E-state index < -0.39 is 23.7 Å². The third-order valence-electron chi connectivity index (χ3n) is 4.69. The molecule has 1 aliphatic rings. The minimum absolute atomic E-state index is 0.0387. The lowest BCUT2D eigenvalue weighted by Crippen LogP contribution is -2.30. The number of hydroxylamine groups is 2. The zero-order valence-electron chi connectivity index (χ0n) is 15.4. The van der Waals surface area contributed by atoms with Crippen molar-refractivity contribution in [3.8, 4) is 11.5 Å². The predicted molar refractivity (Wildman–Crippen MR) is 98.7 cm³/mol. The van der Waals surface area contributed by atoms with Gasteiger partial charge in [-0.3, -0.25) is 14.8 Å². The highest BCUT2D eigenvalue weighted by Crippen LogP contribution is 2.36. The van der Waals surface area contributed by atoms with Crippen LogP contribution in [0.4, 0.5) is 0 Å². The van der Waals surface area contributed by atoms with Crippen molar-refractivity contribution in [1.29, 1.82) is 0 Å². The van der Waals surface area contributed by atoms with Crippen molar-refractivity contribution in [2.24, 2.45) is 5.92 Å². The first-order chi connectivity index (χ1) is 13.0. The molecule has 1 aliphatic heterocycles. The third-order valence-corrected chi connectivity index (χ3v) is 4.69. The van der Waals surface area contributed by atoms with Crippen LogP contribution < -0.4 is 4.74 Å². The fourth-order valence-electron chi connectivity index (χ4n) is 3.25. The Morgan fingerprint density at radius 3 is 2.56 bits per heavy atom. The molecule has 0 bridgehead atoms. The molecule has 0 saturated carbocycles. The van der Waals surface area contributed by atoms with Crippen LogP contribution in [0.3, 0.4) is 0 Å². The van der Waals surface area contributed by atoms with Gasteiger partial charge in [-0.05, 0) is 48.7 Å². The summed E-state index contributed by atoms with van der Waals surface area (Å²) in [6.45, 7) is 3.99. The summed E-state index contributed by atoms with van der Waals surface area (Å²) in [6.07, 6.45) is 0.957. The largest absolute Gasteiger partial charge is 0.465 e. The molecule has 27 heavy (non-hydrogen) atoms. The second-order valence-corrected chi connectivity index (χ2v) is 6.43. The number of hydrogen-bond acceptors (Lipinski definition) is 5. The van der Waals surface area contributed by atoms with E-state index in [9.17, 15) is 14.8 Å². The molecule has 2 atom stereocenters. The van der Waals surface area contributed by atoms with Gasteiger partial charge in [-0.15, -0.1) is 0 Å².